The highest BCUT2D eigenvalue weighted by atomic mass is 19.4. The van der Waals surface area contributed by atoms with Crippen LogP contribution in [0, 0.1) is 0 Å². The number of amides is 1. The van der Waals surface area contributed by atoms with Gasteiger partial charge in [0.1, 0.15) is 11.5 Å². The van der Waals surface area contributed by atoms with Crippen LogP contribution in [0.25, 0.3) is 6.08 Å². The van der Waals surface area contributed by atoms with Crippen LogP contribution in [-0.2, 0) is 25.1 Å². The van der Waals surface area contributed by atoms with Crippen molar-refractivity contribution in [3.05, 3.63) is 62.3 Å². The minimum Gasteiger partial charge on any atom is -0.383 e. The van der Waals surface area contributed by atoms with Gasteiger partial charge in [-0.2, -0.15) is 13.2 Å². The fourth-order valence-electron chi connectivity index (χ4n) is 2.13. The van der Waals surface area contributed by atoms with Gasteiger partial charge < -0.3 is 11.1 Å². The molecule has 7 nitrogen and oxygen atoms in total. The molecule has 0 bridgehead atoms. The van der Waals surface area contributed by atoms with Gasteiger partial charge in [-0.05, 0) is 23.8 Å². The minimum atomic E-state index is -4.50. The van der Waals surface area contributed by atoms with E-state index in [0.29, 0.717) is 0 Å². The topological polar surface area (TPSA) is 99.1 Å². The first-order chi connectivity index (χ1) is 12.0. The second-order valence-electron chi connectivity index (χ2n) is 5.41. The predicted octanol–water partition coefficient (Wildman–Crippen LogP) is 1.34. The van der Waals surface area contributed by atoms with E-state index >= 15 is 0 Å². The fourth-order valence-corrected chi connectivity index (χ4v) is 2.13. The van der Waals surface area contributed by atoms with Crippen LogP contribution in [0.5, 0.6) is 0 Å². The highest BCUT2D eigenvalue weighted by Crippen LogP contribution is 2.29. The second-order valence-corrected chi connectivity index (χ2v) is 5.41. The zero-order valence-corrected chi connectivity index (χ0v) is 13.8. The van der Waals surface area contributed by atoms with Gasteiger partial charge in [0.2, 0.25) is 5.91 Å². The average molecular weight is 368 g/mol. The number of benzene rings is 1. The average Bonchev–Trinajstić information content (AvgIpc) is 2.60. The summed E-state index contributed by atoms with van der Waals surface area (Å²) in [6.45, 7) is 0. The number of carbonyl (C=O) groups excluding carboxylic acids is 1. The Labute approximate surface area is 145 Å². The maximum absolute atomic E-state index is 12.7. The summed E-state index contributed by atoms with van der Waals surface area (Å²) in [4.78, 5) is 35.7. The van der Waals surface area contributed by atoms with Gasteiger partial charge in [-0.3, -0.25) is 18.7 Å². The lowest BCUT2D eigenvalue weighted by molar-refractivity contribution is -0.137. The molecule has 3 N–H and O–H groups in total. The summed E-state index contributed by atoms with van der Waals surface area (Å²) in [6, 6.07) is 4.38. The molecule has 0 aliphatic heterocycles. The van der Waals surface area contributed by atoms with Gasteiger partial charge in [0.05, 0.1) is 5.56 Å². The van der Waals surface area contributed by atoms with Crippen LogP contribution in [0.1, 0.15) is 11.1 Å². The minimum absolute atomic E-state index is 0.149. The summed E-state index contributed by atoms with van der Waals surface area (Å²) in [6.07, 6.45) is -2.38. The van der Waals surface area contributed by atoms with Gasteiger partial charge in [0.25, 0.3) is 5.56 Å². The molecule has 1 heterocycles. The van der Waals surface area contributed by atoms with E-state index in [9.17, 15) is 27.6 Å². The van der Waals surface area contributed by atoms with E-state index < -0.39 is 28.9 Å². The van der Waals surface area contributed by atoms with Gasteiger partial charge in [-0.25, -0.2) is 4.79 Å². The van der Waals surface area contributed by atoms with Crippen molar-refractivity contribution in [2.24, 2.45) is 14.1 Å². The van der Waals surface area contributed by atoms with Crippen molar-refractivity contribution < 1.29 is 18.0 Å². The summed E-state index contributed by atoms with van der Waals surface area (Å²) in [5.41, 5.74) is 3.20. The number of hydrogen-bond acceptors (Lipinski definition) is 4. The number of nitrogen functional groups attached to an aromatic ring is 1. The van der Waals surface area contributed by atoms with Crippen LogP contribution in [-0.4, -0.2) is 15.0 Å². The molecule has 1 aromatic carbocycles. The molecule has 2 aromatic rings. The van der Waals surface area contributed by atoms with E-state index in [1.165, 1.54) is 26.2 Å². The monoisotopic (exact) mass is 368 g/mol. The normalized spacial score (nSPS) is 11.7. The Balaban J connectivity index is 2.27. The predicted molar refractivity (Wildman–Crippen MR) is 90.4 cm³/mol. The van der Waals surface area contributed by atoms with Gasteiger partial charge in [-0.1, -0.05) is 12.1 Å². The van der Waals surface area contributed by atoms with E-state index in [4.69, 9.17) is 5.73 Å². The summed E-state index contributed by atoms with van der Waals surface area (Å²) in [5, 5.41) is 2.24. The molecule has 2 rings (SSSR count). The molecular weight excluding hydrogens is 353 g/mol. The van der Waals surface area contributed by atoms with Crippen LogP contribution >= 0.6 is 0 Å². The first-order valence-electron chi connectivity index (χ1n) is 7.24. The Morgan fingerprint density at radius 1 is 1.19 bits per heavy atom. The Hall–Kier alpha value is -3.30. The molecule has 0 saturated heterocycles. The highest BCUT2D eigenvalue weighted by Gasteiger charge is 2.30. The molecule has 0 radical (unpaired) electrons. The molecule has 0 spiro atoms. The summed E-state index contributed by atoms with van der Waals surface area (Å²) >= 11 is 0. The second kappa shape index (κ2) is 6.90. The van der Waals surface area contributed by atoms with E-state index in [1.54, 1.807) is 0 Å². The van der Waals surface area contributed by atoms with Gasteiger partial charge in [-0.15, -0.1) is 0 Å². The van der Waals surface area contributed by atoms with Crippen molar-refractivity contribution in [3.63, 3.8) is 0 Å². The molecule has 0 atom stereocenters. The van der Waals surface area contributed by atoms with Crippen LogP contribution in [0.15, 0.2) is 39.9 Å². The van der Waals surface area contributed by atoms with Gasteiger partial charge in [0, 0.05) is 20.2 Å². The number of hydrogen-bond donors (Lipinski definition) is 2. The molecule has 138 valence electrons. The Bertz CT molecular complexity index is 1000. The van der Waals surface area contributed by atoms with Crippen LogP contribution in [0.2, 0.25) is 0 Å². The quantitative estimate of drug-likeness (QED) is 0.799. The molecule has 0 unspecified atom stereocenters. The standard InChI is InChI=1S/C16H15F3N4O3/c1-22-13(20)12(14(25)23(2)15(22)26)21-11(24)7-6-9-4-3-5-10(8-9)16(17,18)19/h3-8H,20H2,1-2H3,(H,21,24)/b7-6+. The SMILES string of the molecule is Cn1c(N)c(NC(=O)/C=C/c2cccc(C(F)(F)F)c2)c(=O)n(C)c1=O. The van der Waals surface area contributed by atoms with E-state index in [1.807, 2.05) is 0 Å². The highest BCUT2D eigenvalue weighted by molar-refractivity contribution is 6.03. The smallest absolute Gasteiger partial charge is 0.383 e. The lowest BCUT2D eigenvalue weighted by atomic mass is 10.1. The zero-order chi connectivity index (χ0) is 19.6. The molecule has 0 fully saturated rings. The lowest BCUT2D eigenvalue weighted by Crippen LogP contribution is -2.40. The molecule has 10 heteroatoms. The molecule has 26 heavy (non-hydrogen) atoms. The number of anilines is 2. The lowest BCUT2D eigenvalue weighted by Gasteiger charge is -2.11. The van der Waals surface area contributed by atoms with Crippen molar-refractivity contribution in [2.75, 3.05) is 11.1 Å². The van der Waals surface area contributed by atoms with Crippen LogP contribution in [0.4, 0.5) is 24.7 Å². The fraction of sp³-hybridized carbons (Fsp3) is 0.188. The number of aromatic nitrogens is 2. The van der Waals surface area contributed by atoms with E-state index in [-0.39, 0.29) is 17.1 Å². The Morgan fingerprint density at radius 2 is 1.85 bits per heavy atom. The molecule has 0 aliphatic carbocycles. The molecule has 1 amide bonds. The number of alkyl halides is 3. The number of rotatable bonds is 3. The van der Waals surface area contributed by atoms with Crippen LogP contribution in [0.3, 0.4) is 0 Å². The first kappa shape index (κ1) is 19.0. The van der Waals surface area contributed by atoms with Crippen molar-refractivity contribution in [1.29, 1.82) is 0 Å². The maximum Gasteiger partial charge on any atom is 0.416 e. The van der Waals surface area contributed by atoms with Crippen LogP contribution < -0.4 is 22.3 Å². The zero-order valence-electron chi connectivity index (χ0n) is 13.8. The number of nitrogens with one attached hydrogen (secondary N) is 1. The van der Waals surface area contributed by atoms with E-state index in [2.05, 4.69) is 5.32 Å². The third-order valence-electron chi connectivity index (χ3n) is 3.60. The molecule has 1 aromatic heterocycles. The molecule has 0 saturated carbocycles. The Morgan fingerprint density at radius 3 is 2.46 bits per heavy atom. The van der Waals surface area contributed by atoms with Gasteiger partial charge in [0.15, 0.2) is 0 Å². The third kappa shape index (κ3) is 3.85. The van der Waals surface area contributed by atoms with Crippen molar-refractivity contribution in [3.8, 4) is 0 Å². The van der Waals surface area contributed by atoms with Gasteiger partial charge >= 0.3 is 11.9 Å². The summed E-state index contributed by atoms with van der Waals surface area (Å²) in [7, 11) is 2.55. The summed E-state index contributed by atoms with van der Waals surface area (Å²) in [5.74, 6) is -1.02. The first-order valence-corrected chi connectivity index (χ1v) is 7.24. The van der Waals surface area contributed by atoms with E-state index in [0.717, 1.165) is 33.4 Å². The largest absolute Gasteiger partial charge is 0.416 e. The third-order valence-corrected chi connectivity index (χ3v) is 3.60. The number of nitrogens with two attached hydrogens (primary N) is 1. The maximum atomic E-state index is 12.7. The Kier molecular flexibility index (Phi) is 5.05. The number of carbonyl (C=O) groups is 1. The number of nitrogens with zero attached hydrogens (tertiary/aromatic N) is 2. The van der Waals surface area contributed by atoms with Crippen molar-refractivity contribution in [2.45, 2.75) is 6.18 Å². The van der Waals surface area contributed by atoms with Crippen molar-refractivity contribution >= 4 is 23.5 Å². The van der Waals surface area contributed by atoms with Crippen molar-refractivity contribution in [1.82, 2.24) is 9.13 Å². The molecule has 0 aliphatic rings. The number of halogens is 3. The summed E-state index contributed by atoms with van der Waals surface area (Å²) < 4.78 is 39.8. The molecular formula is C16H15F3N4O3.